The number of fused-ring (bicyclic) bond motifs is 1. The maximum absolute atomic E-state index is 13.1. The smallest absolute Gasteiger partial charge is 0.229 e. The summed E-state index contributed by atoms with van der Waals surface area (Å²) in [6, 6.07) is 11.8. The molecule has 0 radical (unpaired) electrons. The zero-order valence-electron chi connectivity index (χ0n) is 16.9. The van der Waals surface area contributed by atoms with E-state index < -0.39 is 30.2 Å². The van der Waals surface area contributed by atoms with E-state index in [1.165, 1.54) is 7.11 Å². The number of hydrogen-bond donors (Lipinski definition) is 5. The number of rotatable bonds is 5. The van der Waals surface area contributed by atoms with E-state index in [2.05, 4.69) is 26.6 Å². The Morgan fingerprint density at radius 3 is 2.62 bits per heavy atom. The summed E-state index contributed by atoms with van der Waals surface area (Å²) < 4.78 is 5.25. The first-order valence-electron chi connectivity index (χ1n) is 9.86. The number of methoxy groups -OCH3 is 1. The van der Waals surface area contributed by atoms with Gasteiger partial charge in [0.15, 0.2) is 6.29 Å². The third-order valence-electron chi connectivity index (χ3n) is 5.34. The topological polar surface area (TPSA) is 121 Å². The van der Waals surface area contributed by atoms with Crippen molar-refractivity contribution in [2.75, 3.05) is 17.7 Å². The van der Waals surface area contributed by atoms with Crippen LogP contribution in [0.25, 0.3) is 0 Å². The molecule has 2 saturated heterocycles. The second-order valence-corrected chi connectivity index (χ2v) is 8.35. The largest absolute Gasteiger partial charge is 0.495 e. The van der Waals surface area contributed by atoms with Crippen molar-refractivity contribution in [3.63, 3.8) is 0 Å². The van der Waals surface area contributed by atoms with Crippen LogP contribution >= 0.6 is 23.2 Å². The summed E-state index contributed by atoms with van der Waals surface area (Å²) in [5, 5.41) is 15.4. The van der Waals surface area contributed by atoms with E-state index in [1.54, 1.807) is 42.5 Å². The highest BCUT2D eigenvalue weighted by Crippen LogP contribution is 2.32. The van der Waals surface area contributed by atoms with Gasteiger partial charge in [0.2, 0.25) is 17.7 Å². The third kappa shape index (κ3) is 4.74. The Labute approximate surface area is 194 Å². The first kappa shape index (κ1) is 22.2. The molecule has 2 aliphatic heterocycles. The number of nitrogens with one attached hydrogen (secondary N) is 5. The number of amides is 3. The minimum atomic E-state index is -0.892. The SMILES string of the molecule is COc1ccc(Cl)cc1NC(=O)C1CC(=O)NC2NC(Nc3cccc(Cl)c3)NC(=O)C21. The van der Waals surface area contributed by atoms with Crippen molar-refractivity contribution < 1.29 is 19.1 Å². The molecule has 0 bridgehead atoms. The van der Waals surface area contributed by atoms with Crippen LogP contribution in [-0.2, 0) is 14.4 Å². The minimum absolute atomic E-state index is 0.128. The maximum Gasteiger partial charge on any atom is 0.229 e. The molecule has 4 atom stereocenters. The number of halogens is 2. The highest BCUT2D eigenvalue weighted by molar-refractivity contribution is 6.31. The van der Waals surface area contributed by atoms with Gasteiger partial charge in [0, 0.05) is 22.2 Å². The first-order valence-corrected chi connectivity index (χ1v) is 10.6. The molecule has 32 heavy (non-hydrogen) atoms. The maximum atomic E-state index is 13.1. The first-order chi connectivity index (χ1) is 15.3. The van der Waals surface area contributed by atoms with Gasteiger partial charge in [0.25, 0.3) is 0 Å². The van der Waals surface area contributed by atoms with Gasteiger partial charge in [-0.2, -0.15) is 0 Å². The predicted octanol–water partition coefficient (Wildman–Crippen LogP) is 2.13. The lowest BCUT2D eigenvalue weighted by atomic mass is 9.81. The summed E-state index contributed by atoms with van der Waals surface area (Å²) in [7, 11) is 1.47. The quantitative estimate of drug-likeness (QED) is 0.449. The fraction of sp³-hybridized carbons (Fsp3) is 0.286. The van der Waals surface area contributed by atoms with Crippen LogP contribution in [0.2, 0.25) is 10.0 Å². The van der Waals surface area contributed by atoms with Crippen molar-refractivity contribution in [1.82, 2.24) is 16.0 Å². The number of ether oxygens (including phenoxy) is 1. The Bertz CT molecular complexity index is 1070. The lowest BCUT2D eigenvalue weighted by molar-refractivity contribution is -0.144. The molecule has 0 aliphatic carbocycles. The molecule has 9 nitrogen and oxygen atoms in total. The molecule has 4 unspecified atom stereocenters. The molecule has 0 aromatic heterocycles. The molecular weight excluding hydrogens is 457 g/mol. The molecule has 2 aromatic rings. The molecule has 2 fully saturated rings. The molecule has 5 N–H and O–H groups in total. The van der Waals surface area contributed by atoms with Crippen LogP contribution in [0.4, 0.5) is 11.4 Å². The van der Waals surface area contributed by atoms with E-state index in [9.17, 15) is 14.4 Å². The summed E-state index contributed by atoms with van der Waals surface area (Å²) >= 11 is 12.0. The Morgan fingerprint density at radius 2 is 1.88 bits per heavy atom. The van der Waals surface area contributed by atoms with Gasteiger partial charge in [0.1, 0.15) is 5.75 Å². The number of anilines is 2. The van der Waals surface area contributed by atoms with Crippen LogP contribution < -0.4 is 31.3 Å². The van der Waals surface area contributed by atoms with E-state index in [0.717, 1.165) is 0 Å². The molecule has 3 amide bonds. The number of hydrogen-bond acceptors (Lipinski definition) is 6. The van der Waals surface area contributed by atoms with Crippen LogP contribution in [-0.4, -0.2) is 37.3 Å². The number of benzene rings is 2. The standard InChI is InChI=1S/C21H21Cl2N5O4/c1-32-15-6-5-11(23)8-14(15)25-19(30)13-9-16(29)26-18-17(13)20(31)28-21(27-18)24-12-4-2-3-10(22)7-12/h2-8,13,17-18,21,24,27H,9H2,1H3,(H,25,30)(H,26,29)(H,28,31). The zero-order chi connectivity index (χ0) is 22.8. The number of piperidine rings is 1. The van der Waals surface area contributed by atoms with Crippen LogP contribution in [0.15, 0.2) is 42.5 Å². The van der Waals surface area contributed by atoms with Crippen LogP contribution in [0.3, 0.4) is 0 Å². The van der Waals surface area contributed by atoms with E-state index >= 15 is 0 Å². The molecular formula is C21H21Cl2N5O4. The van der Waals surface area contributed by atoms with Gasteiger partial charge in [-0.1, -0.05) is 29.3 Å². The summed E-state index contributed by atoms with van der Waals surface area (Å²) in [5.74, 6) is -2.47. The fourth-order valence-electron chi connectivity index (χ4n) is 3.90. The van der Waals surface area contributed by atoms with Gasteiger partial charge in [-0.15, -0.1) is 0 Å². The van der Waals surface area contributed by atoms with Gasteiger partial charge >= 0.3 is 0 Å². The van der Waals surface area contributed by atoms with Crippen LogP contribution in [0, 0.1) is 11.8 Å². The number of carbonyl (C=O) groups excluding carboxylic acids is 3. The molecule has 11 heteroatoms. The highest BCUT2D eigenvalue weighted by atomic mass is 35.5. The van der Waals surface area contributed by atoms with E-state index in [0.29, 0.717) is 27.2 Å². The van der Waals surface area contributed by atoms with Gasteiger partial charge in [0.05, 0.1) is 30.8 Å². The molecule has 2 heterocycles. The lowest BCUT2D eigenvalue weighted by Crippen LogP contribution is -2.72. The lowest BCUT2D eigenvalue weighted by Gasteiger charge is -2.43. The van der Waals surface area contributed by atoms with Crippen molar-refractivity contribution >= 4 is 52.3 Å². The monoisotopic (exact) mass is 477 g/mol. The molecule has 2 aliphatic rings. The Balaban J connectivity index is 1.51. The normalized spacial score (nSPS) is 24.6. The summed E-state index contributed by atoms with van der Waals surface area (Å²) in [6.45, 7) is 0. The van der Waals surface area contributed by atoms with Gasteiger partial charge in [-0.25, -0.2) is 0 Å². The highest BCUT2D eigenvalue weighted by Gasteiger charge is 2.48. The molecule has 4 rings (SSSR count). The second kappa shape index (κ2) is 9.23. The van der Waals surface area contributed by atoms with E-state index in [1.807, 2.05) is 0 Å². The van der Waals surface area contributed by atoms with Crippen molar-refractivity contribution in [2.45, 2.75) is 18.9 Å². The van der Waals surface area contributed by atoms with E-state index in [-0.39, 0.29) is 18.2 Å². The van der Waals surface area contributed by atoms with Crippen molar-refractivity contribution in [3.05, 3.63) is 52.5 Å². The minimum Gasteiger partial charge on any atom is -0.495 e. The fourth-order valence-corrected chi connectivity index (χ4v) is 4.26. The molecule has 0 saturated carbocycles. The van der Waals surface area contributed by atoms with Crippen LogP contribution in [0.5, 0.6) is 5.75 Å². The van der Waals surface area contributed by atoms with Gasteiger partial charge in [-0.3, -0.25) is 19.7 Å². The summed E-state index contributed by atoms with van der Waals surface area (Å²) in [6.07, 6.45) is -1.53. The van der Waals surface area contributed by atoms with Crippen molar-refractivity contribution in [1.29, 1.82) is 0 Å². The van der Waals surface area contributed by atoms with E-state index in [4.69, 9.17) is 27.9 Å². The predicted molar refractivity (Wildman–Crippen MR) is 120 cm³/mol. The van der Waals surface area contributed by atoms with Crippen LogP contribution in [0.1, 0.15) is 6.42 Å². The third-order valence-corrected chi connectivity index (χ3v) is 5.81. The molecule has 0 spiro atoms. The Morgan fingerprint density at radius 1 is 1.09 bits per heavy atom. The number of carbonyl (C=O) groups is 3. The molecule has 2 aromatic carbocycles. The summed E-state index contributed by atoms with van der Waals surface area (Å²) in [5.41, 5.74) is 1.04. The molecule has 168 valence electrons. The Kier molecular flexibility index (Phi) is 6.40. The van der Waals surface area contributed by atoms with Crippen molar-refractivity contribution in [2.24, 2.45) is 11.8 Å². The Hall–Kier alpha value is -3.01. The zero-order valence-corrected chi connectivity index (χ0v) is 18.5. The van der Waals surface area contributed by atoms with Gasteiger partial charge in [-0.05, 0) is 36.4 Å². The van der Waals surface area contributed by atoms with Gasteiger partial charge < -0.3 is 26.0 Å². The van der Waals surface area contributed by atoms with Crippen molar-refractivity contribution in [3.8, 4) is 5.75 Å². The summed E-state index contributed by atoms with van der Waals surface area (Å²) in [4.78, 5) is 38.4. The average Bonchev–Trinajstić information content (AvgIpc) is 2.73. The second-order valence-electron chi connectivity index (χ2n) is 7.48. The average molecular weight is 478 g/mol.